The summed E-state index contributed by atoms with van der Waals surface area (Å²) in [6, 6.07) is 0.446. The monoisotopic (exact) mass is 295 g/mol. The molecule has 1 amide bonds. The van der Waals surface area contributed by atoms with E-state index in [0.717, 1.165) is 32.5 Å². The second-order valence-electron chi connectivity index (χ2n) is 5.35. The molecule has 1 rings (SSSR count). The fourth-order valence-electron chi connectivity index (χ4n) is 2.56. The van der Waals surface area contributed by atoms with E-state index in [2.05, 4.69) is 19.2 Å². The number of halogens is 3. The Morgan fingerprint density at radius 2 is 1.95 bits per heavy atom. The average Bonchev–Trinajstić information content (AvgIpc) is 2.37. The summed E-state index contributed by atoms with van der Waals surface area (Å²) in [4.78, 5) is 13.3. The maximum absolute atomic E-state index is 12.0. The zero-order valence-corrected chi connectivity index (χ0v) is 12.1. The number of rotatable bonds is 6. The predicted octanol–water partition coefficient (Wildman–Crippen LogP) is 1.37. The molecule has 1 aliphatic heterocycles. The number of hydrogen-bond acceptors (Lipinski definition) is 3. The van der Waals surface area contributed by atoms with Crippen molar-refractivity contribution in [1.29, 1.82) is 0 Å². The molecule has 2 N–H and O–H groups in total. The van der Waals surface area contributed by atoms with Crippen molar-refractivity contribution in [1.82, 2.24) is 15.5 Å². The van der Waals surface area contributed by atoms with Crippen LogP contribution in [0.2, 0.25) is 0 Å². The van der Waals surface area contributed by atoms with Crippen LogP contribution in [0.25, 0.3) is 0 Å². The minimum atomic E-state index is -4.34. The molecule has 1 atom stereocenters. The molecule has 0 bridgehead atoms. The van der Waals surface area contributed by atoms with Crippen molar-refractivity contribution in [3.63, 3.8) is 0 Å². The van der Waals surface area contributed by atoms with Crippen molar-refractivity contribution in [2.75, 3.05) is 32.7 Å². The van der Waals surface area contributed by atoms with Crippen LogP contribution in [0.5, 0.6) is 0 Å². The van der Waals surface area contributed by atoms with Crippen LogP contribution in [-0.4, -0.2) is 55.7 Å². The van der Waals surface area contributed by atoms with Gasteiger partial charge in [0.15, 0.2) is 0 Å². The summed E-state index contributed by atoms with van der Waals surface area (Å²) in [7, 11) is 0. The van der Waals surface area contributed by atoms with Gasteiger partial charge in [-0.15, -0.1) is 0 Å². The smallest absolute Gasteiger partial charge is 0.346 e. The maximum Gasteiger partial charge on any atom is 0.405 e. The van der Waals surface area contributed by atoms with Gasteiger partial charge in [-0.25, -0.2) is 0 Å². The van der Waals surface area contributed by atoms with Crippen LogP contribution >= 0.6 is 0 Å². The Labute approximate surface area is 118 Å². The summed E-state index contributed by atoms with van der Waals surface area (Å²) in [5, 5.41) is 5.29. The molecular weight excluding hydrogens is 271 g/mol. The van der Waals surface area contributed by atoms with E-state index in [0.29, 0.717) is 12.0 Å². The molecule has 0 aliphatic carbocycles. The van der Waals surface area contributed by atoms with Crippen LogP contribution in [0.1, 0.15) is 26.7 Å². The zero-order chi connectivity index (χ0) is 15.2. The lowest BCUT2D eigenvalue weighted by molar-refractivity contribution is -0.139. The third-order valence-electron chi connectivity index (χ3n) is 3.72. The van der Waals surface area contributed by atoms with Crippen molar-refractivity contribution in [2.45, 2.75) is 38.9 Å². The van der Waals surface area contributed by atoms with Crippen molar-refractivity contribution in [3.8, 4) is 0 Å². The number of carbonyl (C=O) groups is 1. The molecule has 20 heavy (non-hydrogen) atoms. The molecule has 0 spiro atoms. The molecule has 1 heterocycles. The Kier molecular flexibility index (Phi) is 6.75. The Balaban J connectivity index is 2.23. The van der Waals surface area contributed by atoms with Gasteiger partial charge in [-0.1, -0.05) is 6.92 Å². The second kappa shape index (κ2) is 7.83. The van der Waals surface area contributed by atoms with Crippen LogP contribution in [0.4, 0.5) is 13.2 Å². The number of alkyl halides is 3. The van der Waals surface area contributed by atoms with Crippen LogP contribution < -0.4 is 10.6 Å². The Bertz CT molecular complexity index is 302. The normalized spacial score (nSPS) is 19.9. The summed E-state index contributed by atoms with van der Waals surface area (Å²) in [6.07, 6.45) is -2.40. The molecule has 1 unspecified atom stereocenters. The van der Waals surface area contributed by atoms with Gasteiger partial charge in [-0.3, -0.25) is 9.69 Å². The summed E-state index contributed by atoms with van der Waals surface area (Å²) in [5.41, 5.74) is 0. The zero-order valence-electron chi connectivity index (χ0n) is 12.1. The SMILES string of the molecule is CCNC(C)C1CCN(CC(=O)NCC(F)(F)F)CC1. The summed E-state index contributed by atoms with van der Waals surface area (Å²) >= 11 is 0. The van der Waals surface area contributed by atoms with Crippen molar-refractivity contribution in [2.24, 2.45) is 5.92 Å². The third kappa shape index (κ3) is 6.56. The van der Waals surface area contributed by atoms with Gasteiger partial charge >= 0.3 is 6.18 Å². The van der Waals surface area contributed by atoms with Gasteiger partial charge in [0.05, 0.1) is 6.54 Å². The van der Waals surface area contributed by atoms with Gasteiger partial charge in [0.2, 0.25) is 5.91 Å². The third-order valence-corrected chi connectivity index (χ3v) is 3.72. The van der Waals surface area contributed by atoms with E-state index < -0.39 is 18.6 Å². The lowest BCUT2D eigenvalue weighted by atomic mass is 9.90. The fraction of sp³-hybridized carbons (Fsp3) is 0.923. The number of likely N-dealkylation sites (tertiary alicyclic amines) is 1. The van der Waals surface area contributed by atoms with Gasteiger partial charge in [-0.05, 0) is 45.3 Å². The highest BCUT2D eigenvalue weighted by Crippen LogP contribution is 2.20. The lowest BCUT2D eigenvalue weighted by Crippen LogP contribution is -2.46. The van der Waals surface area contributed by atoms with E-state index in [1.807, 2.05) is 10.2 Å². The number of nitrogens with one attached hydrogen (secondary N) is 2. The van der Waals surface area contributed by atoms with Crippen LogP contribution in [0, 0.1) is 5.92 Å². The van der Waals surface area contributed by atoms with Gasteiger partial charge < -0.3 is 10.6 Å². The topological polar surface area (TPSA) is 44.4 Å². The fourth-order valence-corrected chi connectivity index (χ4v) is 2.56. The highest BCUT2D eigenvalue weighted by atomic mass is 19.4. The molecule has 118 valence electrons. The second-order valence-corrected chi connectivity index (χ2v) is 5.35. The van der Waals surface area contributed by atoms with Crippen molar-refractivity contribution in [3.05, 3.63) is 0 Å². The quantitative estimate of drug-likeness (QED) is 0.778. The molecule has 0 aromatic heterocycles. The number of hydrogen-bond donors (Lipinski definition) is 2. The average molecular weight is 295 g/mol. The van der Waals surface area contributed by atoms with E-state index in [1.54, 1.807) is 0 Å². The number of amides is 1. The first-order valence-corrected chi connectivity index (χ1v) is 7.11. The first-order chi connectivity index (χ1) is 9.31. The summed E-state index contributed by atoms with van der Waals surface area (Å²) in [5.74, 6) is 0.0185. The van der Waals surface area contributed by atoms with E-state index in [4.69, 9.17) is 0 Å². The number of carbonyl (C=O) groups excluding carboxylic acids is 1. The van der Waals surface area contributed by atoms with Gasteiger partial charge in [0, 0.05) is 6.04 Å². The number of nitrogens with zero attached hydrogens (tertiary/aromatic N) is 1. The van der Waals surface area contributed by atoms with Crippen LogP contribution in [-0.2, 0) is 4.79 Å². The summed E-state index contributed by atoms with van der Waals surface area (Å²) < 4.78 is 35.9. The largest absolute Gasteiger partial charge is 0.405 e. The Morgan fingerprint density at radius 1 is 1.35 bits per heavy atom. The lowest BCUT2D eigenvalue weighted by Gasteiger charge is -2.34. The molecule has 1 aliphatic rings. The van der Waals surface area contributed by atoms with Crippen molar-refractivity contribution < 1.29 is 18.0 Å². The van der Waals surface area contributed by atoms with Gasteiger partial charge in [0.1, 0.15) is 6.54 Å². The minimum Gasteiger partial charge on any atom is -0.346 e. The molecule has 0 saturated carbocycles. The van der Waals surface area contributed by atoms with E-state index >= 15 is 0 Å². The number of piperidine rings is 1. The molecular formula is C13H24F3N3O. The minimum absolute atomic E-state index is 0.0540. The van der Waals surface area contributed by atoms with E-state index in [9.17, 15) is 18.0 Å². The Morgan fingerprint density at radius 3 is 2.45 bits per heavy atom. The molecule has 1 fully saturated rings. The standard InChI is InChI=1S/C13H24F3N3O/c1-3-17-10(2)11-4-6-19(7-5-11)8-12(20)18-9-13(14,15)16/h10-11,17H,3-9H2,1-2H3,(H,18,20). The molecule has 0 radical (unpaired) electrons. The highest BCUT2D eigenvalue weighted by Gasteiger charge is 2.29. The van der Waals surface area contributed by atoms with Crippen molar-refractivity contribution >= 4 is 5.91 Å². The van der Waals surface area contributed by atoms with E-state index in [1.165, 1.54) is 0 Å². The first-order valence-electron chi connectivity index (χ1n) is 7.11. The van der Waals surface area contributed by atoms with E-state index in [-0.39, 0.29) is 6.54 Å². The molecule has 7 heteroatoms. The molecule has 4 nitrogen and oxygen atoms in total. The van der Waals surface area contributed by atoms with Gasteiger partial charge in [0.25, 0.3) is 0 Å². The molecule has 1 saturated heterocycles. The van der Waals surface area contributed by atoms with Gasteiger partial charge in [-0.2, -0.15) is 13.2 Å². The first kappa shape index (κ1) is 17.2. The predicted molar refractivity (Wildman–Crippen MR) is 71.4 cm³/mol. The molecule has 0 aromatic rings. The summed E-state index contributed by atoms with van der Waals surface area (Å²) in [6.45, 7) is 5.48. The Hall–Kier alpha value is -0.820. The van der Waals surface area contributed by atoms with Crippen LogP contribution in [0.3, 0.4) is 0 Å². The maximum atomic E-state index is 12.0. The molecule has 0 aromatic carbocycles. The highest BCUT2D eigenvalue weighted by molar-refractivity contribution is 5.78. The van der Waals surface area contributed by atoms with Crippen LogP contribution in [0.15, 0.2) is 0 Å².